The number of aryl methyl sites for hydroxylation is 1. The molecule has 2 rings (SSSR count). The SMILES string of the molecule is CCCc1nnc(Cl)n1-c1ccccc1Br. The van der Waals surface area contributed by atoms with Crippen LogP contribution >= 0.6 is 27.5 Å². The summed E-state index contributed by atoms with van der Waals surface area (Å²) in [5.74, 6) is 0.888. The Balaban J connectivity index is 2.54. The smallest absolute Gasteiger partial charge is 0.229 e. The number of rotatable bonds is 3. The number of nitrogens with zero attached hydrogens (tertiary/aromatic N) is 3. The van der Waals surface area contributed by atoms with E-state index in [2.05, 4.69) is 33.1 Å². The van der Waals surface area contributed by atoms with Crippen LogP contribution in [0.15, 0.2) is 28.7 Å². The molecule has 0 aliphatic carbocycles. The van der Waals surface area contributed by atoms with Crippen LogP contribution in [0.25, 0.3) is 5.69 Å². The van der Waals surface area contributed by atoms with Crippen LogP contribution in [0, 0.1) is 0 Å². The summed E-state index contributed by atoms with van der Waals surface area (Å²) in [4.78, 5) is 0. The number of halogens is 2. The van der Waals surface area contributed by atoms with Gasteiger partial charge in [0.05, 0.1) is 5.69 Å². The van der Waals surface area contributed by atoms with Crippen LogP contribution < -0.4 is 0 Å². The van der Waals surface area contributed by atoms with Crippen molar-refractivity contribution in [2.24, 2.45) is 0 Å². The van der Waals surface area contributed by atoms with E-state index in [1.165, 1.54) is 0 Å². The van der Waals surface area contributed by atoms with Crippen LogP contribution in [-0.4, -0.2) is 14.8 Å². The van der Waals surface area contributed by atoms with Gasteiger partial charge in [-0.2, -0.15) is 0 Å². The fraction of sp³-hybridized carbons (Fsp3) is 0.273. The molecule has 0 saturated heterocycles. The lowest BCUT2D eigenvalue weighted by Gasteiger charge is -2.08. The lowest BCUT2D eigenvalue weighted by Crippen LogP contribution is -2.02. The van der Waals surface area contributed by atoms with E-state index in [0.29, 0.717) is 5.28 Å². The van der Waals surface area contributed by atoms with Crippen molar-refractivity contribution in [1.82, 2.24) is 14.8 Å². The van der Waals surface area contributed by atoms with Gasteiger partial charge in [0.1, 0.15) is 5.82 Å². The van der Waals surface area contributed by atoms with Gasteiger partial charge in [-0.15, -0.1) is 10.2 Å². The molecule has 0 saturated carbocycles. The normalized spacial score (nSPS) is 10.7. The van der Waals surface area contributed by atoms with Crippen molar-refractivity contribution < 1.29 is 0 Å². The van der Waals surface area contributed by atoms with Crippen molar-refractivity contribution in [3.05, 3.63) is 39.8 Å². The van der Waals surface area contributed by atoms with Gasteiger partial charge in [-0.25, -0.2) is 0 Å². The molecule has 0 unspecified atom stereocenters. The molecule has 1 aromatic carbocycles. The van der Waals surface area contributed by atoms with Gasteiger partial charge in [0.15, 0.2) is 0 Å². The van der Waals surface area contributed by atoms with Gasteiger partial charge in [-0.05, 0) is 46.1 Å². The summed E-state index contributed by atoms with van der Waals surface area (Å²) in [6.45, 7) is 2.10. The minimum absolute atomic E-state index is 0.398. The number of benzene rings is 1. The largest absolute Gasteiger partial charge is 0.269 e. The zero-order chi connectivity index (χ0) is 11.5. The minimum Gasteiger partial charge on any atom is -0.269 e. The molecule has 0 fully saturated rings. The summed E-state index contributed by atoms with van der Waals surface area (Å²) in [5, 5.41) is 8.39. The van der Waals surface area contributed by atoms with Crippen LogP contribution in [0.4, 0.5) is 0 Å². The van der Waals surface area contributed by atoms with Crippen molar-refractivity contribution in [3.63, 3.8) is 0 Å². The molecule has 3 nitrogen and oxygen atoms in total. The van der Waals surface area contributed by atoms with Gasteiger partial charge in [-0.1, -0.05) is 19.1 Å². The Kier molecular flexibility index (Phi) is 3.61. The summed E-state index contributed by atoms with van der Waals surface area (Å²) < 4.78 is 2.85. The molecule has 0 aliphatic rings. The first-order valence-electron chi connectivity index (χ1n) is 5.08. The molecule has 0 amide bonds. The van der Waals surface area contributed by atoms with E-state index in [9.17, 15) is 0 Å². The fourth-order valence-corrected chi connectivity index (χ4v) is 2.24. The molecular weight excluding hydrogens is 289 g/mol. The second kappa shape index (κ2) is 4.97. The number of para-hydroxylation sites is 1. The van der Waals surface area contributed by atoms with Gasteiger partial charge < -0.3 is 0 Å². The third kappa shape index (κ3) is 2.13. The van der Waals surface area contributed by atoms with E-state index >= 15 is 0 Å². The topological polar surface area (TPSA) is 30.7 Å². The maximum absolute atomic E-state index is 6.06. The third-order valence-corrected chi connectivity index (χ3v) is 3.17. The molecule has 0 spiro atoms. The third-order valence-electron chi connectivity index (χ3n) is 2.26. The first kappa shape index (κ1) is 11.6. The second-order valence-corrected chi connectivity index (χ2v) is 4.61. The Morgan fingerprint density at radius 3 is 2.75 bits per heavy atom. The molecule has 84 valence electrons. The van der Waals surface area contributed by atoms with Crippen LogP contribution in [0.2, 0.25) is 5.28 Å². The maximum atomic E-state index is 6.06. The molecule has 1 heterocycles. The lowest BCUT2D eigenvalue weighted by molar-refractivity contribution is 0.802. The molecule has 16 heavy (non-hydrogen) atoms. The Labute approximate surface area is 108 Å². The molecule has 1 aromatic heterocycles. The lowest BCUT2D eigenvalue weighted by atomic mass is 10.3. The summed E-state index contributed by atoms with van der Waals surface area (Å²) >= 11 is 9.56. The van der Waals surface area contributed by atoms with Gasteiger partial charge in [0.25, 0.3) is 0 Å². The Hall–Kier alpha value is -0.870. The predicted octanol–water partition coefficient (Wildman–Crippen LogP) is 3.64. The summed E-state index contributed by atoms with van der Waals surface area (Å²) in [6.07, 6.45) is 1.88. The first-order valence-corrected chi connectivity index (χ1v) is 6.25. The van der Waals surface area contributed by atoms with Gasteiger partial charge in [0, 0.05) is 10.9 Å². The first-order chi connectivity index (χ1) is 7.74. The Morgan fingerprint density at radius 1 is 1.31 bits per heavy atom. The molecule has 5 heteroatoms. The number of aromatic nitrogens is 3. The highest BCUT2D eigenvalue weighted by atomic mass is 79.9. The molecule has 0 radical (unpaired) electrons. The highest BCUT2D eigenvalue weighted by Crippen LogP contribution is 2.25. The Morgan fingerprint density at radius 2 is 2.06 bits per heavy atom. The van der Waals surface area contributed by atoms with E-state index in [0.717, 1.165) is 28.8 Å². The van der Waals surface area contributed by atoms with Crippen molar-refractivity contribution in [2.75, 3.05) is 0 Å². The highest BCUT2D eigenvalue weighted by Gasteiger charge is 2.13. The maximum Gasteiger partial charge on any atom is 0.229 e. The molecule has 2 aromatic rings. The van der Waals surface area contributed by atoms with E-state index < -0.39 is 0 Å². The quantitative estimate of drug-likeness (QED) is 0.866. The molecular formula is C11H11BrClN3. The standard InChI is InChI=1S/C11H11BrClN3/c1-2-5-10-14-15-11(13)16(10)9-7-4-3-6-8(9)12/h3-4,6-7H,2,5H2,1H3. The van der Waals surface area contributed by atoms with Crippen molar-refractivity contribution >= 4 is 27.5 Å². The van der Waals surface area contributed by atoms with E-state index in [1.54, 1.807) is 0 Å². The van der Waals surface area contributed by atoms with E-state index in [1.807, 2.05) is 28.8 Å². The van der Waals surface area contributed by atoms with Crippen molar-refractivity contribution in [2.45, 2.75) is 19.8 Å². The minimum atomic E-state index is 0.398. The second-order valence-electron chi connectivity index (χ2n) is 3.42. The Bertz CT molecular complexity index is 496. The fourth-order valence-electron chi connectivity index (χ4n) is 1.55. The average molecular weight is 301 g/mol. The van der Waals surface area contributed by atoms with Crippen LogP contribution in [0.3, 0.4) is 0 Å². The average Bonchev–Trinajstić information content (AvgIpc) is 2.62. The number of hydrogen-bond acceptors (Lipinski definition) is 2. The molecule has 0 N–H and O–H groups in total. The predicted molar refractivity (Wildman–Crippen MR) is 68.1 cm³/mol. The number of hydrogen-bond donors (Lipinski definition) is 0. The van der Waals surface area contributed by atoms with Crippen LogP contribution in [-0.2, 0) is 6.42 Å². The van der Waals surface area contributed by atoms with Crippen molar-refractivity contribution in [1.29, 1.82) is 0 Å². The zero-order valence-electron chi connectivity index (χ0n) is 8.82. The van der Waals surface area contributed by atoms with Crippen LogP contribution in [0.1, 0.15) is 19.2 Å². The summed E-state index contributed by atoms with van der Waals surface area (Å²) in [6, 6.07) is 7.89. The summed E-state index contributed by atoms with van der Waals surface area (Å²) in [5.41, 5.74) is 0.973. The van der Waals surface area contributed by atoms with E-state index in [-0.39, 0.29) is 0 Å². The highest BCUT2D eigenvalue weighted by molar-refractivity contribution is 9.10. The van der Waals surface area contributed by atoms with Gasteiger partial charge in [0.2, 0.25) is 5.28 Å². The molecule has 0 bridgehead atoms. The van der Waals surface area contributed by atoms with E-state index in [4.69, 9.17) is 11.6 Å². The van der Waals surface area contributed by atoms with Crippen molar-refractivity contribution in [3.8, 4) is 5.69 Å². The zero-order valence-corrected chi connectivity index (χ0v) is 11.2. The van der Waals surface area contributed by atoms with Crippen LogP contribution in [0.5, 0.6) is 0 Å². The monoisotopic (exact) mass is 299 g/mol. The van der Waals surface area contributed by atoms with Gasteiger partial charge >= 0.3 is 0 Å². The molecule has 0 aliphatic heterocycles. The molecule has 0 atom stereocenters. The summed E-state index contributed by atoms with van der Waals surface area (Å²) in [7, 11) is 0. The van der Waals surface area contributed by atoms with Gasteiger partial charge in [-0.3, -0.25) is 4.57 Å².